The average molecular weight is 480 g/mol. The summed E-state index contributed by atoms with van der Waals surface area (Å²) in [5, 5.41) is 6.43. The molecule has 0 saturated carbocycles. The van der Waals surface area contributed by atoms with Gasteiger partial charge in [-0.3, -0.25) is 4.79 Å². The lowest BCUT2D eigenvalue weighted by Gasteiger charge is -2.13. The van der Waals surface area contributed by atoms with Gasteiger partial charge in [0.25, 0.3) is 0 Å². The number of nitrogens with zero attached hydrogens (tertiary/aromatic N) is 2. The van der Waals surface area contributed by atoms with Crippen LogP contribution < -0.4 is 10.6 Å². The lowest BCUT2D eigenvalue weighted by Crippen LogP contribution is -2.41. The van der Waals surface area contributed by atoms with Crippen molar-refractivity contribution >= 4 is 47.6 Å². The van der Waals surface area contributed by atoms with E-state index in [1.807, 2.05) is 25.1 Å². The Morgan fingerprint density at radius 1 is 1.20 bits per heavy atom. The van der Waals surface area contributed by atoms with Crippen molar-refractivity contribution < 1.29 is 9.53 Å². The highest BCUT2D eigenvalue weighted by Crippen LogP contribution is 2.15. The highest BCUT2D eigenvalue weighted by atomic mass is 127. The van der Waals surface area contributed by atoms with E-state index < -0.39 is 0 Å². The molecule has 6 nitrogen and oxygen atoms in total. The number of rotatable bonds is 10. The molecule has 1 aromatic carbocycles. The highest BCUT2D eigenvalue weighted by molar-refractivity contribution is 14.0. The molecule has 0 aliphatic heterocycles. The number of thioether (sulfide) groups is 1. The summed E-state index contributed by atoms with van der Waals surface area (Å²) in [5.74, 6) is 1.52. The number of hydrogen-bond donors (Lipinski definition) is 2. The minimum absolute atomic E-state index is 0. The van der Waals surface area contributed by atoms with Gasteiger partial charge in [0.1, 0.15) is 6.54 Å². The maximum absolute atomic E-state index is 11.7. The number of nitrogens with one attached hydrogen (secondary N) is 2. The molecule has 0 radical (unpaired) electrons. The Morgan fingerprint density at radius 3 is 2.52 bits per heavy atom. The molecule has 1 aromatic rings. The van der Waals surface area contributed by atoms with E-state index in [-0.39, 0.29) is 36.4 Å². The van der Waals surface area contributed by atoms with Crippen LogP contribution in [0.2, 0.25) is 0 Å². The Bertz CT molecular complexity index is 501. The quantitative estimate of drug-likeness (QED) is 0.177. The van der Waals surface area contributed by atoms with Crippen molar-refractivity contribution in [3.8, 4) is 0 Å². The third-order valence-electron chi connectivity index (χ3n) is 3.02. The van der Waals surface area contributed by atoms with Crippen LogP contribution in [0.4, 0.5) is 0 Å². The zero-order valence-electron chi connectivity index (χ0n) is 15.2. The van der Waals surface area contributed by atoms with Crippen LogP contribution >= 0.6 is 35.7 Å². The minimum Gasteiger partial charge on any atom is -0.380 e. The number of hydrogen-bond acceptors (Lipinski definition) is 4. The fraction of sp³-hybridized carbons (Fsp3) is 0.529. The molecule has 0 heterocycles. The SMILES string of the molecule is CCOCCNC(=NCC(=O)N(C)C)NCCSc1ccccc1.I. The van der Waals surface area contributed by atoms with Gasteiger partial charge < -0.3 is 20.3 Å². The predicted octanol–water partition coefficient (Wildman–Crippen LogP) is 2.06. The molecule has 0 spiro atoms. The van der Waals surface area contributed by atoms with Gasteiger partial charge in [-0.1, -0.05) is 18.2 Å². The first-order valence-electron chi connectivity index (χ1n) is 8.11. The van der Waals surface area contributed by atoms with Crippen LogP contribution in [-0.2, 0) is 9.53 Å². The summed E-state index contributed by atoms with van der Waals surface area (Å²) in [6, 6.07) is 10.3. The molecule has 1 rings (SSSR count). The van der Waals surface area contributed by atoms with Crippen LogP contribution in [0.5, 0.6) is 0 Å². The zero-order chi connectivity index (χ0) is 17.6. The average Bonchev–Trinajstić information content (AvgIpc) is 2.59. The second-order valence-electron chi connectivity index (χ2n) is 5.16. The van der Waals surface area contributed by atoms with Crippen LogP contribution in [0.1, 0.15) is 6.92 Å². The first kappa shape index (κ1) is 24.0. The number of halogens is 1. The number of amides is 1. The maximum Gasteiger partial charge on any atom is 0.243 e. The predicted molar refractivity (Wildman–Crippen MR) is 116 cm³/mol. The van der Waals surface area contributed by atoms with Crippen molar-refractivity contribution in [1.82, 2.24) is 15.5 Å². The van der Waals surface area contributed by atoms with Gasteiger partial charge in [0, 0.05) is 44.4 Å². The van der Waals surface area contributed by atoms with Gasteiger partial charge >= 0.3 is 0 Å². The molecular weight excluding hydrogens is 451 g/mol. The molecule has 0 unspecified atom stereocenters. The summed E-state index contributed by atoms with van der Waals surface area (Å²) in [6.45, 7) is 4.80. The van der Waals surface area contributed by atoms with Crippen molar-refractivity contribution in [2.45, 2.75) is 11.8 Å². The van der Waals surface area contributed by atoms with E-state index in [0.717, 1.165) is 12.3 Å². The van der Waals surface area contributed by atoms with Crippen LogP contribution in [0, 0.1) is 0 Å². The van der Waals surface area contributed by atoms with Crippen molar-refractivity contribution in [2.75, 3.05) is 52.7 Å². The first-order valence-corrected chi connectivity index (χ1v) is 9.10. The van der Waals surface area contributed by atoms with Crippen LogP contribution in [-0.4, -0.2) is 69.5 Å². The first-order chi connectivity index (χ1) is 11.6. The molecule has 0 bridgehead atoms. The molecule has 142 valence electrons. The van der Waals surface area contributed by atoms with Gasteiger partial charge in [-0.15, -0.1) is 35.7 Å². The summed E-state index contributed by atoms with van der Waals surface area (Å²) in [4.78, 5) is 18.8. The number of likely N-dealkylation sites (N-methyl/N-ethyl adjacent to an activating group) is 1. The lowest BCUT2D eigenvalue weighted by molar-refractivity contribution is -0.127. The standard InChI is InChI=1S/C17H28N4O2S.HI/c1-4-23-12-10-18-17(20-14-16(22)21(2)3)19-11-13-24-15-8-6-5-7-9-15;/h5-9H,4,10-14H2,1-3H3,(H2,18,19,20);1H. The molecule has 0 aliphatic carbocycles. The summed E-state index contributed by atoms with van der Waals surface area (Å²) in [5.41, 5.74) is 0. The number of guanidine groups is 1. The molecular formula is C17H29IN4O2S. The highest BCUT2D eigenvalue weighted by Gasteiger charge is 2.04. The van der Waals surface area contributed by atoms with Gasteiger partial charge in [0.15, 0.2) is 5.96 Å². The summed E-state index contributed by atoms with van der Waals surface area (Å²) >= 11 is 1.78. The molecule has 1 amide bonds. The zero-order valence-corrected chi connectivity index (χ0v) is 18.3. The number of carbonyl (C=O) groups excluding carboxylic acids is 1. The third kappa shape index (κ3) is 12.1. The van der Waals surface area contributed by atoms with E-state index in [1.54, 1.807) is 25.9 Å². The van der Waals surface area contributed by atoms with E-state index >= 15 is 0 Å². The van der Waals surface area contributed by atoms with E-state index in [4.69, 9.17) is 4.74 Å². The van der Waals surface area contributed by atoms with Crippen molar-refractivity contribution in [1.29, 1.82) is 0 Å². The fourth-order valence-corrected chi connectivity index (χ4v) is 2.49. The number of ether oxygens (including phenoxy) is 1. The molecule has 25 heavy (non-hydrogen) atoms. The third-order valence-corrected chi connectivity index (χ3v) is 4.03. The topological polar surface area (TPSA) is 66.0 Å². The number of aliphatic imine (C=N–C) groups is 1. The second-order valence-corrected chi connectivity index (χ2v) is 6.33. The summed E-state index contributed by atoms with van der Waals surface area (Å²) in [7, 11) is 3.45. The van der Waals surface area contributed by atoms with Gasteiger partial charge in [-0.05, 0) is 19.1 Å². The molecule has 0 aliphatic rings. The molecule has 0 fully saturated rings. The van der Waals surface area contributed by atoms with Crippen LogP contribution in [0.3, 0.4) is 0 Å². The molecule has 0 saturated heterocycles. The maximum atomic E-state index is 11.7. The summed E-state index contributed by atoms with van der Waals surface area (Å²) in [6.07, 6.45) is 0. The Hall–Kier alpha value is -1.000. The van der Waals surface area contributed by atoms with Crippen molar-refractivity contribution in [3.05, 3.63) is 30.3 Å². The van der Waals surface area contributed by atoms with Crippen molar-refractivity contribution in [3.63, 3.8) is 0 Å². The van der Waals surface area contributed by atoms with Crippen LogP contribution in [0.15, 0.2) is 40.2 Å². The molecule has 8 heteroatoms. The van der Waals surface area contributed by atoms with Gasteiger partial charge in [0.2, 0.25) is 5.91 Å². The normalized spacial score (nSPS) is 10.8. The van der Waals surface area contributed by atoms with Gasteiger partial charge in [-0.25, -0.2) is 4.99 Å². The van der Waals surface area contributed by atoms with E-state index in [2.05, 4.69) is 27.8 Å². The monoisotopic (exact) mass is 480 g/mol. The molecule has 0 atom stereocenters. The summed E-state index contributed by atoms with van der Waals surface area (Å²) < 4.78 is 5.31. The van der Waals surface area contributed by atoms with Crippen LogP contribution in [0.25, 0.3) is 0 Å². The Kier molecular flexibility index (Phi) is 14.7. The molecule has 2 N–H and O–H groups in total. The smallest absolute Gasteiger partial charge is 0.243 e. The Labute approximate surface area is 172 Å². The number of carbonyl (C=O) groups is 1. The minimum atomic E-state index is -0.0282. The fourth-order valence-electron chi connectivity index (χ4n) is 1.70. The van der Waals surface area contributed by atoms with Crippen molar-refractivity contribution in [2.24, 2.45) is 4.99 Å². The second kappa shape index (κ2) is 15.3. The van der Waals surface area contributed by atoms with E-state index in [9.17, 15) is 4.79 Å². The lowest BCUT2D eigenvalue weighted by atomic mass is 10.4. The molecule has 0 aromatic heterocycles. The largest absolute Gasteiger partial charge is 0.380 e. The van der Waals surface area contributed by atoms with Gasteiger partial charge in [0.05, 0.1) is 6.61 Å². The van der Waals surface area contributed by atoms with E-state index in [1.165, 1.54) is 9.80 Å². The Balaban J connectivity index is 0.00000576. The van der Waals surface area contributed by atoms with Gasteiger partial charge in [-0.2, -0.15) is 0 Å². The Morgan fingerprint density at radius 2 is 1.88 bits per heavy atom. The van der Waals surface area contributed by atoms with E-state index in [0.29, 0.717) is 25.7 Å². The number of benzene rings is 1.